The monoisotopic (exact) mass is 292 g/mol. The van der Waals surface area contributed by atoms with Crippen LogP contribution >= 0.6 is 11.6 Å². The van der Waals surface area contributed by atoms with Gasteiger partial charge in [-0.1, -0.05) is 18.5 Å². The van der Waals surface area contributed by atoms with Crippen molar-refractivity contribution in [2.75, 3.05) is 0 Å². The van der Waals surface area contributed by atoms with E-state index in [0.29, 0.717) is 0 Å². The van der Waals surface area contributed by atoms with E-state index in [0.717, 1.165) is 0 Å². The summed E-state index contributed by atoms with van der Waals surface area (Å²) >= 11 is 5.68. The van der Waals surface area contributed by atoms with Gasteiger partial charge in [-0.25, -0.2) is 13.4 Å². The van der Waals surface area contributed by atoms with Crippen molar-refractivity contribution in [3.63, 3.8) is 0 Å². The quantitative estimate of drug-likeness (QED) is 0.797. The van der Waals surface area contributed by atoms with Gasteiger partial charge in [0, 0.05) is 6.20 Å². The lowest BCUT2D eigenvalue weighted by molar-refractivity contribution is -0.143. The highest BCUT2D eigenvalue weighted by atomic mass is 35.5. The van der Waals surface area contributed by atoms with Gasteiger partial charge in [0.25, 0.3) is 0 Å². The van der Waals surface area contributed by atoms with Crippen LogP contribution in [0.15, 0.2) is 23.2 Å². The average molecular weight is 293 g/mol. The third-order valence-electron chi connectivity index (χ3n) is 2.55. The highest BCUT2D eigenvalue weighted by Gasteiger charge is 2.36. The molecule has 0 bridgehead atoms. The number of aromatic nitrogens is 1. The second-order valence-corrected chi connectivity index (χ2v) is 5.90. The SMILES string of the molecule is CCC(C)(NS(=O)(=O)c1cccnc1Cl)C(=O)O. The van der Waals surface area contributed by atoms with Crippen molar-refractivity contribution in [1.29, 1.82) is 0 Å². The Kier molecular flexibility index (Phi) is 4.31. The van der Waals surface area contributed by atoms with Gasteiger partial charge in [0.2, 0.25) is 10.0 Å². The van der Waals surface area contributed by atoms with Crippen molar-refractivity contribution in [1.82, 2.24) is 9.71 Å². The largest absolute Gasteiger partial charge is 0.480 e. The zero-order valence-electron chi connectivity index (χ0n) is 9.84. The minimum Gasteiger partial charge on any atom is -0.480 e. The van der Waals surface area contributed by atoms with Crippen LogP contribution in [0.25, 0.3) is 0 Å². The molecule has 1 unspecified atom stereocenters. The van der Waals surface area contributed by atoms with Crippen LogP contribution in [0.3, 0.4) is 0 Å². The first-order valence-corrected chi connectivity index (χ1v) is 6.97. The van der Waals surface area contributed by atoms with Crippen LogP contribution in [0.2, 0.25) is 5.15 Å². The summed E-state index contributed by atoms with van der Waals surface area (Å²) in [7, 11) is -4.03. The zero-order chi connectivity index (χ0) is 14.0. The van der Waals surface area contributed by atoms with Gasteiger partial charge in [-0.05, 0) is 25.5 Å². The van der Waals surface area contributed by atoms with Crippen molar-refractivity contribution in [2.24, 2.45) is 0 Å². The highest BCUT2D eigenvalue weighted by Crippen LogP contribution is 2.21. The molecule has 0 aliphatic heterocycles. The maximum atomic E-state index is 12.0. The predicted molar refractivity (Wildman–Crippen MR) is 65.9 cm³/mol. The lowest BCUT2D eigenvalue weighted by atomic mass is 10.0. The van der Waals surface area contributed by atoms with Gasteiger partial charge in [0.05, 0.1) is 0 Å². The maximum Gasteiger partial charge on any atom is 0.324 e. The molecule has 100 valence electrons. The Bertz CT molecular complexity index is 561. The number of sulfonamides is 1. The topological polar surface area (TPSA) is 96.4 Å². The fraction of sp³-hybridized carbons (Fsp3) is 0.400. The van der Waals surface area contributed by atoms with E-state index in [1.807, 2.05) is 0 Å². The maximum absolute atomic E-state index is 12.0. The number of nitrogens with one attached hydrogen (secondary N) is 1. The van der Waals surface area contributed by atoms with Gasteiger partial charge in [0.1, 0.15) is 15.6 Å². The molecule has 0 amide bonds. The lowest BCUT2D eigenvalue weighted by Crippen LogP contribution is -2.51. The Morgan fingerprint density at radius 3 is 2.67 bits per heavy atom. The molecule has 0 spiro atoms. The van der Waals surface area contributed by atoms with Gasteiger partial charge in [0.15, 0.2) is 0 Å². The number of carboxylic acid groups (broad SMARTS) is 1. The van der Waals surface area contributed by atoms with Gasteiger partial charge in [-0.15, -0.1) is 0 Å². The third kappa shape index (κ3) is 2.98. The Morgan fingerprint density at radius 2 is 2.22 bits per heavy atom. The minimum absolute atomic E-state index is 0.0967. The number of nitrogens with zero attached hydrogens (tertiary/aromatic N) is 1. The summed E-state index contributed by atoms with van der Waals surface area (Å²) < 4.78 is 26.2. The predicted octanol–water partition coefficient (Wildman–Crippen LogP) is 1.27. The molecule has 0 fully saturated rings. The molecule has 0 aliphatic rings. The summed E-state index contributed by atoms with van der Waals surface area (Å²) in [5.74, 6) is -1.26. The Hall–Kier alpha value is -1.18. The molecule has 1 aromatic rings. The van der Waals surface area contributed by atoms with E-state index < -0.39 is 21.5 Å². The van der Waals surface area contributed by atoms with E-state index in [2.05, 4.69) is 9.71 Å². The second kappa shape index (κ2) is 5.21. The Morgan fingerprint density at radius 1 is 1.61 bits per heavy atom. The molecule has 1 atom stereocenters. The lowest BCUT2D eigenvalue weighted by Gasteiger charge is -2.24. The molecule has 1 rings (SSSR count). The van der Waals surface area contributed by atoms with Crippen LogP contribution < -0.4 is 4.72 Å². The molecular weight excluding hydrogens is 280 g/mol. The van der Waals surface area contributed by atoms with Crippen LogP contribution in [-0.2, 0) is 14.8 Å². The molecule has 0 aromatic carbocycles. The second-order valence-electron chi connectivity index (χ2n) is 3.89. The van der Waals surface area contributed by atoms with Crippen LogP contribution in [0.4, 0.5) is 0 Å². The van der Waals surface area contributed by atoms with Gasteiger partial charge in [-0.3, -0.25) is 4.79 Å². The number of pyridine rings is 1. The molecule has 1 aromatic heterocycles. The number of aliphatic carboxylic acids is 1. The van der Waals surface area contributed by atoms with Crippen molar-refractivity contribution in [2.45, 2.75) is 30.7 Å². The molecule has 0 aliphatic carbocycles. The van der Waals surface area contributed by atoms with Crippen molar-refractivity contribution in [3.05, 3.63) is 23.5 Å². The first-order chi connectivity index (χ1) is 8.23. The number of carbonyl (C=O) groups is 1. The molecule has 2 N–H and O–H groups in total. The van der Waals surface area contributed by atoms with Gasteiger partial charge in [-0.2, -0.15) is 4.72 Å². The van der Waals surface area contributed by atoms with Crippen LogP contribution in [0.5, 0.6) is 0 Å². The van der Waals surface area contributed by atoms with E-state index in [-0.39, 0.29) is 16.5 Å². The van der Waals surface area contributed by atoms with E-state index in [4.69, 9.17) is 16.7 Å². The Labute approximate surface area is 110 Å². The molecule has 6 nitrogen and oxygen atoms in total. The molecular formula is C10H13ClN2O4S. The summed E-state index contributed by atoms with van der Waals surface area (Å²) in [5.41, 5.74) is -1.59. The molecule has 0 radical (unpaired) electrons. The smallest absolute Gasteiger partial charge is 0.324 e. The van der Waals surface area contributed by atoms with Crippen LogP contribution in [0, 0.1) is 0 Å². The van der Waals surface area contributed by atoms with E-state index in [9.17, 15) is 13.2 Å². The first kappa shape index (κ1) is 14.9. The van der Waals surface area contributed by atoms with Crippen molar-refractivity contribution < 1.29 is 18.3 Å². The number of hydrogen-bond acceptors (Lipinski definition) is 4. The molecule has 8 heteroatoms. The standard InChI is InChI=1S/C10H13ClN2O4S/c1-3-10(2,9(14)15)13-18(16,17)7-5-4-6-12-8(7)11/h4-6,13H,3H2,1-2H3,(H,14,15). The summed E-state index contributed by atoms with van der Waals surface area (Å²) in [5, 5.41) is 8.84. The fourth-order valence-electron chi connectivity index (χ4n) is 1.19. The molecule has 1 heterocycles. The third-order valence-corrected chi connectivity index (χ3v) is 4.59. The van der Waals surface area contributed by atoms with E-state index in [1.165, 1.54) is 25.3 Å². The van der Waals surface area contributed by atoms with Crippen LogP contribution in [-0.4, -0.2) is 30.0 Å². The van der Waals surface area contributed by atoms with Gasteiger partial charge >= 0.3 is 5.97 Å². The molecule has 0 saturated heterocycles. The highest BCUT2D eigenvalue weighted by molar-refractivity contribution is 7.89. The average Bonchev–Trinajstić information content (AvgIpc) is 2.28. The number of halogens is 1. The normalized spacial score (nSPS) is 15.1. The van der Waals surface area contributed by atoms with Gasteiger partial charge < -0.3 is 5.11 Å². The molecule has 0 saturated carbocycles. The number of hydrogen-bond donors (Lipinski definition) is 2. The zero-order valence-corrected chi connectivity index (χ0v) is 11.4. The summed E-state index contributed by atoms with van der Waals surface area (Å²) in [6.07, 6.45) is 1.44. The van der Waals surface area contributed by atoms with Crippen LogP contribution in [0.1, 0.15) is 20.3 Å². The van der Waals surface area contributed by atoms with E-state index >= 15 is 0 Å². The van der Waals surface area contributed by atoms with E-state index in [1.54, 1.807) is 6.92 Å². The number of rotatable bonds is 5. The Balaban J connectivity index is 3.18. The fourth-order valence-corrected chi connectivity index (χ4v) is 3.08. The minimum atomic E-state index is -4.03. The molecule has 18 heavy (non-hydrogen) atoms. The summed E-state index contributed by atoms with van der Waals surface area (Å²) in [6.45, 7) is 2.86. The summed E-state index contributed by atoms with van der Waals surface area (Å²) in [6, 6.07) is 2.67. The van der Waals surface area contributed by atoms with Crippen molar-refractivity contribution >= 4 is 27.6 Å². The van der Waals surface area contributed by atoms with Crippen molar-refractivity contribution in [3.8, 4) is 0 Å². The first-order valence-electron chi connectivity index (χ1n) is 5.11. The number of carboxylic acids is 1. The summed E-state index contributed by atoms with van der Waals surface area (Å²) in [4.78, 5) is 14.5.